The van der Waals surface area contributed by atoms with Crippen LogP contribution in [0, 0.1) is 0 Å². The average molecular weight is 436 g/mol. The fourth-order valence-corrected chi connectivity index (χ4v) is 3.89. The molecular weight excluding hydrogens is 398 g/mol. The molecule has 0 unspecified atom stereocenters. The fourth-order valence-electron chi connectivity index (χ4n) is 3.89. The Labute approximate surface area is 185 Å². The number of aliphatic hydroxyl groups is 2. The highest BCUT2D eigenvalue weighted by atomic mass is 16.6. The van der Waals surface area contributed by atoms with Crippen molar-refractivity contribution in [2.24, 2.45) is 0 Å². The highest BCUT2D eigenvalue weighted by Crippen LogP contribution is 2.37. The molecule has 31 heavy (non-hydrogen) atoms. The molecule has 0 radical (unpaired) electrons. The number of hydrogen-bond donors (Lipinski definition) is 2. The summed E-state index contributed by atoms with van der Waals surface area (Å²) in [5.74, 6) is 0.809. The van der Waals surface area contributed by atoms with E-state index in [1.807, 2.05) is 24.3 Å². The Balaban J connectivity index is 1.89. The molecule has 1 fully saturated rings. The van der Waals surface area contributed by atoms with Crippen LogP contribution in [0.3, 0.4) is 0 Å². The van der Waals surface area contributed by atoms with Crippen LogP contribution < -0.4 is 4.74 Å². The Bertz CT molecular complexity index is 714. The van der Waals surface area contributed by atoms with Crippen LogP contribution in [0.2, 0.25) is 0 Å². The first kappa shape index (κ1) is 25.2. The Morgan fingerprint density at radius 3 is 2.52 bits per heavy atom. The average Bonchev–Trinajstić information content (AvgIpc) is 3.02. The molecule has 0 aromatic heterocycles. The van der Waals surface area contributed by atoms with Gasteiger partial charge in [0.2, 0.25) is 0 Å². The number of methoxy groups -OCH3 is 1. The first-order valence-electron chi connectivity index (χ1n) is 10.8. The Hall–Kier alpha value is -2.09. The number of unbranched alkanes of at least 4 members (excludes halogenated alkanes) is 1. The lowest BCUT2D eigenvalue weighted by molar-refractivity contribution is -0.0491. The predicted octanol–water partition coefficient (Wildman–Crippen LogP) is 3.67. The number of aliphatic hydroxyl groups excluding tert-OH is 1. The van der Waals surface area contributed by atoms with Crippen LogP contribution in [0.1, 0.15) is 52.0 Å². The van der Waals surface area contributed by atoms with Crippen molar-refractivity contribution in [2.75, 3.05) is 20.3 Å². The van der Waals surface area contributed by atoms with Crippen LogP contribution in [0.5, 0.6) is 5.75 Å². The summed E-state index contributed by atoms with van der Waals surface area (Å²) in [6.45, 7) is 9.86. The molecule has 1 aliphatic rings. The standard InChI is InChI=1S/C24H37NO6/c1-6-19-15-24(28,17-26)21(25(19)22(27)31-23(2,3)4)9-7-8-14-30-16-18-10-12-20(29-5)13-11-18/h6,10-13,19,21,26,28H,1,7-9,14-17H2,2-5H3/t19-,21+,24+/m1/s1. The van der Waals surface area contributed by atoms with E-state index in [0.717, 1.165) is 24.2 Å². The molecule has 0 aliphatic carbocycles. The van der Waals surface area contributed by atoms with E-state index in [0.29, 0.717) is 19.6 Å². The van der Waals surface area contributed by atoms with Gasteiger partial charge in [0.05, 0.1) is 32.4 Å². The van der Waals surface area contributed by atoms with Crippen LogP contribution in [0.25, 0.3) is 0 Å². The molecule has 0 spiro atoms. The van der Waals surface area contributed by atoms with Crippen LogP contribution in [0.4, 0.5) is 4.79 Å². The highest BCUT2D eigenvalue weighted by molar-refractivity contribution is 5.70. The molecule has 7 heteroatoms. The maximum absolute atomic E-state index is 12.8. The van der Waals surface area contributed by atoms with Gasteiger partial charge in [0.25, 0.3) is 0 Å². The molecular formula is C24H37NO6. The van der Waals surface area contributed by atoms with E-state index in [2.05, 4.69) is 6.58 Å². The lowest BCUT2D eigenvalue weighted by Gasteiger charge is -2.35. The van der Waals surface area contributed by atoms with Crippen LogP contribution in [-0.2, 0) is 16.1 Å². The van der Waals surface area contributed by atoms with E-state index in [9.17, 15) is 15.0 Å². The molecule has 174 valence electrons. The Morgan fingerprint density at radius 2 is 1.97 bits per heavy atom. The number of rotatable bonds is 10. The van der Waals surface area contributed by atoms with Gasteiger partial charge < -0.3 is 24.4 Å². The highest BCUT2D eigenvalue weighted by Gasteiger charge is 2.52. The first-order chi connectivity index (χ1) is 14.6. The van der Waals surface area contributed by atoms with Crippen molar-refractivity contribution in [2.45, 2.75) is 76.3 Å². The number of likely N-dealkylation sites (tertiary alicyclic amines) is 1. The van der Waals surface area contributed by atoms with Crippen LogP contribution in [0.15, 0.2) is 36.9 Å². The van der Waals surface area contributed by atoms with Gasteiger partial charge in [-0.15, -0.1) is 6.58 Å². The van der Waals surface area contributed by atoms with Gasteiger partial charge in [0, 0.05) is 13.0 Å². The van der Waals surface area contributed by atoms with Crippen LogP contribution >= 0.6 is 0 Å². The van der Waals surface area contributed by atoms with Gasteiger partial charge in [-0.05, 0) is 57.7 Å². The number of amides is 1. The Morgan fingerprint density at radius 1 is 1.29 bits per heavy atom. The van der Waals surface area contributed by atoms with Gasteiger partial charge in [-0.1, -0.05) is 18.2 Å². The normalized spacial score (nSPS) is 23.6. The zero-order valence-electron chi connectivity index (χ0n) is 19.2. The minimum Gasteiger partial charge on any atom is -0.497 e. The third-order valence-electron chi connectivity index (χ3n) is 5.47. The summed E-state index contributed by atoms with van der Waals surface area (Å²) in [5, 5.41) is 20.8. The van der Waals surface area contributed by atoms with Gasteiger partial charge in [0.1, 0.15) is 17.0 Å². The molecule has 1 heterocycles. The first-order valence-corrected chi connectivity index (χ1v) is 10.8. The van der Waals surface area contributed by atoms with Gasteiger partial charge in [-0.3, -0.25) is 4.90 Å². The van der Waals surface area contributed by atoms with E-state index in [-0.39, 0.29) is 12.5 Å². The van der Waals surface area contributed by atoms with E-state index in [1.165, 1.54) is 4.90 Å². The van der Waals surface area contributed by atoms with Crippen molar-refractivity contribution in [1.29, 1.82) is 0 Å². The smallest absolute Gasteiger partial charge is 0.411 e. The largest absolute Gasteiger partial charge is 0.497 e. The topological polar surface area (TPSA) is 88.5 Å². The van der Waals surface area contributed by atoms with Gasteiger partial charge in [0.15, 0.2) is 0 Å². The van der Waals surface area contributed by atoms with Gasteiger partial charge in [-0.2, -0.15) is 0 Å². The summed E-state index contributed by atoms with van der Waals surface area (Å²) >= 11 is 0. The summed E-state index contributed by atoms with van der Waals surface area (Å²) in [6.07, 6.45) is 3.41. The van der Waals surface area contributed by atoms with E-state index in [4.69, 9.17) is 14.2 Å². The minimum atomic E-state index is -1.38. The zero-order chi connectivity index (χ0) is 23.1. The third kappa shape index (κ3) is 6.95. The second kappa shape index (κ2) is 11.0. The number of hydrogen-bond acceptors (Lipinski definition) is 6. The second-order valence-corrected chi connectivity index (χ2v) is 9.07. The minimum absolute atomic E-state index is 0.241. The predicted molar refractivity (Wildman–Crippen MR) is 119 cm³/mol. The molecule has 0 saturated carbocycles. The van der Waals surface area contributed by atoms with Crippen molar-refractivity contribution >= 4 is 6.09 Å². The number of ether oxygens (including phenoxy) is 3. The van der Waals surface area contributed by atoms with Gasteiger partial charge >= 0.3 is 6.09 Å². The quantitative estimate of drug-likeness (QED) is 0.431. The maximum Gasteiger partial charge on any atom is 0.411 e. The van der Waals surface area contributed by atoms with Crippen molar-refractivity contribution in [1.82, 2.24) is 4.90 Å². The van der Waals surface area contributed by atoms with E-state index in [1.54, 1.807) is 34.0 Å². The summed E-state index contributed by atoms with van der Waals surface area (Å²) in [4.78, 5) is 14.3. The number of carbonyl (C=O) groups excluding carboxylic acids is 1. The molecule has 1 aromatic rings. The summed E-state index contributed by atoms with van der Waals surface area (Å²) < 4.78 is 16.4. The molecule has 2 N–H and O–H groups in total. The van der Waals surface area contributed by atoms with Crippen molar-refractivity contribution in [3.63, 3.8) is 0 Å². The molecule has 2 rings (SSSR count). The SMILES string of the molecule is C=C[C@@H]1C[C@](O)(CO)[C@H](CCCCOCc2ccc(OC)cc2)N1C(=O)OC(C)(C)C. The zero-order valence-corrected chi connectivity index (χ0v) is 19.2. The molecule has 1 saturated heterocycles. The number of benzene rings is 1. The summed E-state index contributed by atoms with van der Waals surface area (Å²) in [7, 11) is 1.63. The van der Waals surface area contributed by atoms with Crippen LogP contribution in [-0.4, -0.2) is 64.8 Å². The fraction of sp³-hybridized carbons (Fsp3) is 0.625. The molecule has 7 nitrogen and oxygen atoms in total. The Kier molecular flexibility index (Phi) is 8.91. The molecule has 1 aliphatic heterocycles. The lowest BCUT2D eigenvalue weighted by Crippen LogP contribution is -2.51. The van der Waals surface area contributed by atoms with E-state index < -0.39 is 29.9 Å². The third-order valence-corrected chi connectivity index (χ3v) is 5.47. The van der Waals surface area contributed by atoms with E-state index >= 15 is 0 Å². The second-order valence-electron chi connectivity index (χ2n) is 9.07. The lowest BCUT2D eigenvalue weighted by atomic mass is 9.90. The summed E-state index contributed by atoms with van der Waals surface area (Å²) in [5.41, 5.74) is -0.960. The molecule has 1 amide bonds. The molecule has 1 aromatic carbocycles. The van der Waals surface area contributed by atoms with Crippen molar-refractivity contribution in [3.05, 3.63) is 42.5 Å². The van der Waals surface area contributed by atoms with Gasteiger partial charge in [-0.25, -0.2) is 4.79 Å². The van der Waals surface area contributed by atoms with Crippen molar-refractivity contribution < 1.29 is 29.2 Å². The molecule has 3 atom stereocenters. The molecule has 0 bridgehead atoms. The maximum atomic E-state index is 12.8. The van der Waals surface area contributed by atoms with Crippen molar-refractivity contribution in [3.8, 4) is 5.75 Å². The number of carbonyl (C=O) groups is 1. The number of nitrogens with zero attached hydrogens (tertiary/aromatic N) is 1. The monoisotopic (exact) mass is 435 g/mol. The summed E-state index contributed by atoms with van der Waals surface area (Å²) in [6, 6.07) is 6.80.